The highest BCUT2D eigenvalue weighted by Crippen LogP contribution is 2.22. The van der Waals surface area contributed by atoms with Crippen molar-refractivity contribution in [3.63, 3.8) is 0 Å². The zero-order chi connectivity index (χ0) is 11.6. The van der Waals surface area contributed by atoms with Crippen LogP contribution in [0.15, 0.2) is 12.1 Å². The van der Waals surface area contributed by atoms with Crippen molar-refractivity contribution in [2.45, 2.75) is 20.4 Å². The van der Waals surface area contributed by atoms with Crippen LogP contribution in [0.4, 0.5) is 0 Å². The number of ketones is 1. The molecule has 80 valence electrons. The summed E-state index contributed by atoms with van der Waals surface area (Å²) in [4.78, 5) is 21.2. The standard InChI is InChI=1S/C10H10ClNO3/c1-6-3-9(7(2)13)8(4-10(6)11)5-12(14)15/h3-4H,5H2,1-2H3. The number of rotatable bonds is 3. The summed E-state index contributed by atoms with van der Waals surface area (Å²) in [6, 6.07) is 3.07. The Hall–Kier alpha value is -1.42. The van der Waals surface area contributed by atoms with E-state index in [0.717, 1.165) is 5.56 Å². The maximum atomic E-state index is 11.2. The molecule has 1 aromatic rings. The van der Waals surface area contributed by atoms with Crippen molar-refractivity contribution in [1.82, 2.24) is 0 Å². The number of Topliss-reactive ketones (excluding diaryl/α,β-unsaturated/α-hetero) is 1. The van der Waals surface area contributed by atoms with Gasteiger partial charge in [0, 0.05) is 21.1 Å². The smallest absolute Gasteiger partial charge is 0.229 e. The summed E-state index contributed by atoms with van der Waals surface area (Å²) in [7, 11) is 0. The Labute approximate surface area is 92.0 Å². The molecule has 0 saturated carbocycles. The summed E-state index contributed by atoms with van der Waals surface area (Å²) in [5.74, 6) is -0.188. The van der Waals surface area contributed by atoms with E-state index in [1.165, 1.54) is 13.0 Å². The van der Waals surface area contributed by atoms with Crippen LogP contribution in [0.1, 0.15) is 28.4 Å². The second-order valence-corrected chi connectivity index (χ2v) is 3.71. The number of nitro groups is 1. The fraction of sp³-hybridized carbons (Fsp3) is 0.300. The van der Waals surface area contributed by atoms with Crippen LogP contribution in [0.3, 0.4) is 0 Å². The van der Waals surface area contributed by atoms with Gasteiger partial charge in [-0.1, -0.05) is 11.6 Å². The maximum Gasteiger partial charge on any atom is 0.229 e. The third-order valence-corrected chi connectivity index (χ3v) is 2.47. The Bertz CT molecular complexity index is 429. The van der Waals surface area contributed by atoms with E-state index in [-0.39, 0.29) is 12.3 Å². The van der Waals surface area contributed by atoms with Crippen molar-refractivity contribution >= 4 is 17.4 Å². The molecular weight excluding hydrogens is 218 g/mol. The van der Waals surface area contributed by atoms with Gasteiger partial charge in [-0.05, 0) is 31.5 Å². The number of hydrogen-bond acceptors (Lipinski definition) is 3. The zero-order valence-corrected chi connectivity index (χ0v) is 9.17. The van der Waals surface area contributed by atoms with Gasteiger partial charge >= 0.3 is 0 Å². The average molecular weight is 228 g/mol. The van der Waals surface area contributed by atoms with Crippen LogP contribution >= 0.6 is 11.6 Å². The molecule has 1 rings (SSSR count). The molecule has 0 unspecified atom stereocenters. The van der Waals surface area contributed by atoms with Crippen LogP contribution in [0, 0.1) is 17.0 Å². The molecule has 4 nitrogen and oxygen atoms in total. The molecule has 0 radical (unpaired) electrons. The van der Waals surface area contributed by atoms with Gasteiger partial charge in [0.2, 0.25) is 6.54 Å². The van der Waals surface area contributed by atoms with Crippen molar-refractivity contribution in [3.8, 4) is 0 Å². The summed E-state index contributed by atoms with van der Waals surface area (Å²) in [5, 5.41) is 10.8. The Morgan fingerprint density at radius 2 is 2.13 bits per heavy atom. The molecule has 0 heterocycles. The Morgan fingerprint density at radius 3 is 2.60 bits per heavy atom. The van der Waals surface area contributed by atoms with Gasteiger partial charge in [-0.3, -0.25) is 14.9 Å². The van der Waals surface area contributed by atoms with E-state index in [0.29, 0.717) is 16.1 Å². The zero-order valence-electron chi connectivity index (χ0n) is 8.41. The van der Waals surface area contributed by atoms with E-state index in [1.54, 1.807) is 13.0 Å². The minimum absolute atomic E-state index is 0.188. The number of halogens is 1. The maximum absolute atomic E-state index is 11.2. The van der Waals surface area contributed by atoms with E-state index in [4.69, 9.17) is 11.6 Å². The quantitative estimate of drug-likeness (QED) is 0.453. The predicted molar refractivity (Wildman–Crippen MR) is 56.9 cm³/mol. The Balaban J connectivity index is 3.28. The van der Waals surface area contributed by atoms with Gasteiger partial charge in [-0.2, -0.15) is 0 Å². The van der Waals surface area contributed by atoms with Crippen LogP contribution in [0.25, 0.3) is 0 Å². The molecule has 0 aliphatic heterocycles. The molecule has 0 saturated heterocycles. The lowest BCUT2D eigenvalue weighted by Gasteiger charge is -2.06. The first-order valence-electron chi connectivity index (χ1n) is 4.33. The van der Waals surface area contributed by atoms with Gasteiger partial charge in [-0.15, -0.1) is 0 Å². The number of benzene rings is 1. The number of carbonyl (C=O) groups is 1. The second-order valence-electron chi connectivity index (χ2n) is 3.31. The van der Waals surface area contributed by atoms with Crippen molar-refractivity contribution in [1.29, 1.82) is 0 Å². The van der Waals surface area contributed by atoms with Gasteiger partial charge in [0.25, 0.3) is 0 Å². The van der Waals surface area contributed by atoms with Crippen LogP contribution < -0.4 is 0 Å². The van der Waals surface area contributed by atoms with E-state index < -0.39 is 4.92 Å². The van der Waals surface area contributed by atoms with E-state index in [2.05, 4.69) is 0 Å². The molecule has 0 N–H and O–H groups in total. The molecule has 15 heavy (non-hydrogen) atoms. The van der Waals surface area contributed by atoms with Crippen LogP contribution in [0.5, 0.6) is 0 Å². The normalized spacial score (nSPS) is 10.1. The van der Waals surface area contributed by atoms with E-state index >= 15 is 0 Å². The molecule has 0 bridgehead atoms. The highest BCUT2D eigenvalue weighted by atomic mass is 35.5. The third-order valence-electron chi connectivity index (χ3n) is 2.06. The molecule has 0 aliphatic carbocycles. The molecule has 1 aromatic carbocycles. The molecule has 0 fully saturated rings. The number of carbonyl (C=O) groups excluding carboxylic acids is 1. The van der Waals surface area contributed by atoms with Gasteiger partial charge < -0.3 is 0 Å². The number of hydrogen-bond donors (Lipinski definition) is 0. The van der Waals surface area contributed by atoms with E-state index in [9.17, 15) is 14.9 Å². The monoisotopic (exact) mass is 227 g/mol. The van der Waals surface area contributed by atoms with E-state index in [1.807, 2.05) is 0 Å². The third kappa shape index (κ3) is 2.76. The first-order valence-corrected chi connectivity index (χ1v) is 4.71. The fourth-order valence-corrected chi connectivity index (χ4v) is 1.51. The first kappa shape index (κ1) is 11.7. The molecule has 0 aromatic heterocycles. The average Bonchev–Trinajstić information content (AvgIpc) is 2.09. The lowest BCUT2D eigenvalue weighted by atomic mass is 10.0. The Kier molecular flexibility index (Phi) is 3.42. The van der Waals surface area contributed by atoms with Gasteiger partial charge in [0.05, 0.1) is 0 Å². The predicted octanol–water partition coefficient (Wildman–Crippen LogP) is 2.63. The summed E-state index contributed by atoms with van der Waals surface area (Å²) in [6.45, 7) is 2.76. The van der Waals surface area contributed by atoms with Crippen molar-refractivity contribution in [2.75, 3.05) is 0 Å². The summed E-state index contributed by atoms with van der Waals surface area (Å²) >= 11 is 5.84. The summed E-state index contributed by atoms with van der Waals surface area (Å²) in [5.41, 5.74) is 1.48. The minimum atomic E-state index is -0.479. The van der Waals surface area contributed by atoms with Gasteiger partial charge in [0.15, 0.2) is 5.78 Å². The van der Waals surface area contributed by atoms with Crippen molar-refractivity contribution in [3.05, 3.63) is 44.0 Å². The number of aryl methyl sites for hydroxylation is 1. The second kappa shape index (κ2) is 4.40. The molecule has 0 amide bonds. The summed E-state index contributed by atoms with van der Waals surface area (Å²) < 4.78 is 0. The summed E-state index contributed by atoms with van der Waals surface area (Å²) in [6.07, 6.45) is 0. The molecular formula is C10H10ClNO3. The van der Waals surface area contributed by atoms with Crippen LogP contribution in [0.2, 0.25) is 5.02 Å². The van der Waals surface area contributed by atoms with Crippen molar-refractivity contribution < 1.29 is 9.72 Å². The van der Waals surface area contributed by atoms with Gasteiger partial charge in [-0.25, -0.2) is 0 Å². The lowest BCUT2D eigenvalue weighted by Crippen LogP contribution is -2.06. The number of nitrogens with zero attached hydrogens (tertiary/aromatic N) is 1. The van der Waals surface area contributed by atoms with Gasteiger partial charge in [0.1, 0.15) is 0 Å². The van der Waals surface area contributed by atoms with Crippen molar-refractivity contribution in [2.24, 2.45) is 0 Å². The first-order chi connectivity index (χ1) is 6.91. The van der Waals surface area contributed by atoms with Crippen LogP contribution in [-0.2, 0) is 6.54 Å². The van der Waals surface area contributed by atoms with Crippen LogP contribution in [-0.4, -0.2) is 10.7 Å². The highest BCUT2D eigenvalue weighted by molar-refractivity contribution is 6.31. The highest BCUT2D eigenvalue weighted by Gasteiger charge is 2.14. The minimum Gasteiger partial charge on any atom is -0.294 e. The lowest BCUT2D eigenvalue weighted by molar-refractivity contribution is -0.496. The fourth-order valence-electron chi connectivity index (χ4n) is 1.32. The largest absolute Gasteiger partial charge is 0.294 e. The Morgan fingerprint density at radius 1 is 1.53 bits per heavy atom. The molecule has 5 heteroatoms. The topological polar surface area (TPSA) is 60.2 Å². The molecule has 0 spiro atoms. The SMILES string of the molecule is CC(=O)c1cc(C)c(Cl)cc1C[N+](=O)[O-]. The molecule has 0 atom stereocenters. The molecule has 0 aliphatic rings.